The Morgan fingerprint density at radius 1 is 0.316 bits per heavy atom. The third-order valence-corrected chi connectivity index (χ3v) is 18.9. The molecule has 0 aliphatic heterocycles. The monoisotopic (exact) mass is 1390 g/mol. The van der Waals surface area contributed by atoms with Crippen LogP contribution in [0, 0.1) is 0 Å². The van der Waals surface area contributed by atoms with E-state index in [0.717, 1.165) is 103 Å². The van der Waals surface area contributed by atoms with Crippen molar-refractivity contribution < 1.29 is 42.1 Å². The largest absolute Gasteiger partial charge is 0.756 e. The molecule has 0 saturated heterocycles. The Morgan fingerprint density at radius 2 is 0.551 bits per heavy atom. The molecule has 0 aromatic heterocycles. The Kier molecular flexibility index (Phi) is 74.7. The summed E-state index contributed by atoms with van der Waals surface area (Å²) in [4.78, 5) is 38.2. The van der Waals surface area contributed by atoms with Crippen molar-refractivity contribution in [3.8, 4) is 0 Å². The molecule has 0 rings (SSSR count). The topological polar surface area (TPSA) is 111 Å². The molecule has 0 heterocycles. The lowest BCUT2D eigenvalue weighted by Gasteiger charge is -2.28. The number of allylic oxidation sites excluding steroid dienone is 20. The van der Waals surface area contributed by atoms with E-state index in [0.29, 0.717) is 17.4 Å². The van der Waals surface area contributed by atoms with Gasteiger partial charge in [-0.15, -0.1) is 0 Å². The van der Waals surface area contributed by atoms with E-state index in [4.69, 9.17) is 18.5 Å². The van der Waals surface area contributed by atoms with Gasteiger partial charge in [-0.3, -0.25) is 14.2 Å². The summed E-state index contributed by atoms with van der Waals surface area (Å²) in [6, 6.07) is 0. The van der Waals surface area contributed by atoms with Gasteiger partial charge < -0.3 is 27.9 Å². The molecule has 566 valence electrons. The smallest absolute Gasteiger partial charge is 0.306 e. The quantitative estimate of drug-likeness (QED) is 0.0195. The van der Waals surface area contributed by atoms with Gasteiger partial charge in [-0.2, -0.15) is 0 Å². The molecule has 9 nitrogen and oxygen atoms in total. The van der Waals surface area contributed by atoms with Gasteiger partial charge in [0, 0.05) is 12.8 Å². The van der Waals surface area contributed by atoms with Gasteiger partial charge in [-0.1, -0.05) is 379 Å². The second-order valence-corrected chi connectivity index (χ2v) is 30.1. The van der Waals surface area contributed by atoms with E-state index in [1.54, 1.807) is 0 Å². The minimum absolute atomic E-state index is 0.0315. The minimum atomic E-state index is -4.65. The Hall–Kier alpha value is -3.59. The molecule has 0 aromatic rings. The third-order valence-electron chi connectivity index (χ3n) is 18.0. The summed E-state index contributed by atoms with van der Waals surface area (Å²) < 4.78 is 34.4. The molecule has 0 aliphatic carbocycles. The van der Waals surface area contributed by atoms with Crippen LogP contribution in [0.15, 0.2) is 122 Å². The molecular weight excluding hydrogens is 1230 g/mol. The van der Waals surface area contributed by atoms with E-state index >= 15 is 0 Å². The zero-order valence-electron chi connectivity index (χ0n) is 64.7. The van der Waals surface area contributed by atoms with E-state index in [-0.39, 0.29) is 32.0 Å². The van der Waals surface area contributed by atoms with Crippen molar-refractivity contribution in [2.75, 3.05) is 47.5 Å². The number of likely N-dealkylation sites (N-methyl/N-ethyl adjacent to an activating group) is 1. The van der Waals surface area contributed by atoms with Crippen LogP contribution in [0.5, 0.6) is 0 Å². The fourth-order valence-electron chi connectivity index (χ4n) is 11.8. The summed E-state index contributed by atoms with van der Waals surface area (Å²) in [6.45, 7) is 4.06. The molecule has 0 aromatic carbocycles. The van der Waals surface area contributed by atoms with Crippen LogP contribution >= 0.6 is 7.82 Å². The third kappa shape index (κ3) is 81.4. The molecule has 0 bridgehead atoms. The van der Waals surface area contributed by atoms with Crippen LogP contribution < -0.4 is 4.89 Å². The Labute approximate surface area is 607 Å². The molecule has 2 atom stereocenters. The van der Waals surface area contributed by atoms with Crippen molar-refractivity contribution in [3.05, 3.63) is 122 Å². The van der Waals surface area contributed by atoms with Crippen molar-refractivity contribution in [1.82, 2.24) is 0 Å². The Bertz CT molecular complexity index is 2070. The average molecular weight is 1390 g/mol. The average Bonchev–Trinajstić information content (AvgIpc) is 1.08. The highest BCUT2D eigenvalue weighted by atomic mass is 31.2. The SMILES string of the molecule is CC/C=C\C/C=C\C/C=C\C/C=C\C/C=C\CCCCCCCCCCCCCCCCCCCCCCCCCCCC(=O)OC(COC(=O)CCCCCCCCCCCCCCCCCCC/C=C\C/C=C\C/C=C\C/C=C\C/C=C\CC)COP(=O)([O-])OCC[N+](C)(C)C. The molecule has 98 heavy (non-hydrogen) atoms. The van der Waals surface area contributed by atoms with Crippen LogP contribution in [0.2, 0.25) is 0 Å². The van der Waals surface area contributed by atoms with Crippen molar-refractivity contribution in [3.63, 3.8) is 0 Å². The van der Waals surface area contributed by atoms with Gasteiger partial charge >= 0.3 is 11.9 Å². The Morgan fingerprint density at radius 3 is 0.816 bits per heavy atom. The van der Waals surface area contributed by atoms with Crippen LogP contribution in [0.25, 0.3) is 0 Å². The molecule has 0 amide bonds. The standard InChI is InChI=1S/C88H156NO8P/c1-6-8-10-12-14-16-18-20-22-24-26-28-30-32-34-36-38-40-41-42-43-44-45-46-47-49-51-53-55-57-59-61-63-65-67-69-71-73-75-77-79-81-88(91)97-86(85-96-98(92,93)95-83-82-89(3,4)5)84-94-87(90)80-78-76-74-72-70-68-66-64-62-60-58-56-54-52-50-48-39-37-35-33-31-29-27-25-23-21-19-17-15-13-11-9-7-2/h8-11,14-17,20-23,26-29,32-35,86H,6-7,12-13,18-19,24-25,30-31,36-85H2,1-5H3/b10-8-,11-9-,16-14-,17-15-,22-20-,23-21-,28-26-,29-27-,34-32-,35-33-. The first-order chi connectivity index (χ1) is 48.0. The van der Waals surface area contributed by atoms with Gasteiger partial charge in [-0.05, 0) is 103 Å². The predicted octanol–water partition coefficient (Wildman–Crippen LogP) is 27.1. The molecule has 0 radical (unpaired) electrons. The van der Waals surface area contributed by atoms with Gasteiger partial charge in [0.25, 0.3) is 7.82 Å². The summed E-state index contributed by atoms with van der Waals surface area (Å²) in [6.07, 6.45) is 112. The molecule has 0 fully saturated rings. The van der Waals surface area contributed by atoms with Gasteiger partial charge in [0.2, 0.25) is 0 Å². The summed E-state index contributed by atoms with van der Waals surface area (Å²) in [5.74, 6) is -0.818. The maximum atomic E-state index is 12.9. The summed E-state index contributed by atoms with van der Waals surface area (Å²) >= 11 is 0. The Balaban J connectivity index is 3.91. The van der Waals surface area contributed by atoms with E-state index in [1.165, 1.54) is 238 Å². The minimum Gasteiger partial charge on any atom is -0.756 e. The number of nitrogens with zero attached hydrogens (tertiary/aromatic N) is 1. The highest BCUT2D eigenvalue weighted by Gasteiger charge is 2.22. The van der Waals surface area contributed by atoms with Gasteiger partial charge in [0.15, 0.2) is 6.10 Å². The first kappa shape index (κ1) is 94.4. The number of rotatable bonds is 76. The molecule has 2 unspecified atom stereocenters. The predicted molar refractivity (Wildman–Crippen MR) is 425 cm³/mol. The number of esters is 2. The molecule has 10 heteroatoms. The van der Waals surface area contributed by atoms with Crippen LogP contribution in [0.1, 0.15) is 373 Å². The normalized spacial score (nSPS) is 13.7. The number of hydrogen-bond acceptors (Lipinski definition) is 8. The molecular formula is C88H156NO8P. The van der Waals surface area contributed by atoms with E-state index in [1.807, 2.05) is 21.1 Å². The van der Waals surface area contributed by atoms with Crippen molar-refractivity contribution in [1.29, 1.82) is 0 Å². The number of ether oxygens (including phenoxy) is 2. The lowest BCUT2D eigenvalue weighted by molar-refractivity contribution is -0.870. The molecule has 0 aliphatic rings. The lowest BCUT2D eigenvalue weighted by Crippen LogP contribution is -2.37. The number of hydrogen-bond donors (Lipinski definition) is 0. The molecule has 0 spiro atoms. The van der Waals surface area contributed by atoms with Crippen LogP contribution in [0.4, 0.5) is 0 Å². The van der Waals surface area contributed by atoms with E-state index < -0.39 is 26.5 Å². The van der Waals surface area contributed by atoms with Crippen LogP contribution in [0.3, 0.4) is 0 Å². The number of unbranched alkanes of at least 4 members (excludes halogenated alkanes) is 42. The highest BCUT2D eigenvalue weighted by molar-refractivity contribution is 7.45. The highest BCUT2D eigenvalue weighted by Crippen LogP contribution is 2.38. The molecule has 0 saturated carbocycles. The number of carbonyl (C=O) groups excluding carboxylic acids is 2. The zero-order chi connectivity index (χ0) is 71.1. The summed E-state index contributed by atoms with van der Waals surface area (Å²) in [5, 5.41) is 0. The maximum absolute atomic E-state index is 12.9. The second kappa shape index (κ2) is 77.6. The first-order valence-electron chi connectivity index (χ1n) is 41.2. The van der Waals surface area contributed by atoms with Crippen molar-refractivity contribution in [2.45, 2.75) is 380 Å². The summed E-state index contributed by atoms with van der Waals surface area (Å²) in [5.41, 5.74) is 0. The van der Waals surface area contributed by atoms with E-state index in [2.05, 4.69) is 135 Å². The first-order valence-corrected chi connectivity index (χ1v) is 42.7. The summed E-state index contributed by atoms with van der Waals surface area (Å²) in [7, 11) is 1.18. The van der Waals surface area contributed by atoms with E-state index in [9.17, 15) is 19.0 Å². The number of quaternary nitrogens is 1. The van der Waals surface area contributed by atoms with Gasteiger partial charge in [0.1, 0.15) is 19.8 Å². The fraction of sp³-hybridized carbons (Fsp3) is 0.750. The number of phosphoric acid groups is 1. The van der Waals surface area contributed by atoms with Crippen LogP contribution in [-0.4, -0.2) is 70.0 Å². The molecule has 0 N–H and O–H groups in total. The van der Waals surface area contributed by atoms with Gasteiger partial charge in [0.05, 0.1) is 27.7 Å². The maximum Gasteiger partial charge on any atom is 0.306 e. The van der Waals surface area contributed by atoms with Gasteiger partial charge in [-0.25, -0.2) is 0 Å². The number of carbonyl (C=O) groups is 2. The van der Waals surface area contributed by atoms with Crippen molar-refractivity contribution >= 4 is 19.8 Å². The number of phosphoric ester groups is 1. The second-order valence-electron chi connectivity index (χ2n) is 28.7. The lowest BCUT2D eigenvalue weighted by atomic mass is 10.0. The van der Waals surface area contributed by atoms with Crippen LogP contribution in [-0.2, 0) is 32.7 Å². The fourth-order valence-corrected chi connectivity index (χ4v) is 12.5. The zero-order valence-corrected chi connectivity index (χ0v) is 65.6. The van der Waals surface area contributed by atoms with Crippen molar-refractivity contribution in [2.24, 2.45) is 0 Å².